The molecule has 2 aromatic heterocycles. The fourth-order valence-corrected chi connectivity index (χ4v) is 4.70. The molecular formula is C27H35N7O2. The Morgan fingerprint density at radius 1 is 1.14 bits per heavy atom. The number of ketones is 1. The van der Waals surface area contributed by atoms with Gasteiger partial charge in [-0.1, -0.05) is 45.0 Å². The van der Waals surface area contributed by atoms with Gasteiger partial charge in [0.05, 0.1) is 5.69 Å². The average molecular weight is 490 g/mol. The maximum atomic E-state index is 13.1. The first-order chi connectivity index (χ1) is 17.0. The van der Waals surface area contributed by atoms with Crippen LogP contribution in [-0.4, -0.2) is 44.0 Å². The second-order valence-corrected chi connectivity index (χ2v) is 10.7. The molecule has 36 heavy (non-hydrogen) atoms. The Kier molecular flexibility index (Phi) is 7.10. The molecule has 1 amide bonds. The molecule has 1 fully saturated rings. The van der Waals surface area contributed by atoms with Crippen molar-refractivity contribution in [2.45, 2.75) is 58.4 Å². The van der Waals surface area contributed by atoms with Crippen LogP contribution in [0.5, 0.6) is 0 Å². The zero-order valence-corrected chi connectivity index (χ0v) is 21.7. The first kappa shape index (κ1) is 25.3. The summed E-state index contributed by atoms with van der Waals surface area (Å²) >= 11 is 0. The molecule has 0 unspecified atom stereocenters. The lowest BCUT2D eigenvalue weighted by Crippen LogP contribution is -2.45. The first-order valence-electron chi connectivity index (χ1n) is 12.4. The van der Waals surface area contributed by atoms with Gasteiger partial charge < -0.3 is 20.5 Å². The number of rotatable bonds is 7. The number of carbonyl (C=O) groups excluding carboxylic acids is 2. The maximum Gasteiger partial charge on any atom is 0.273 e. The molecule has 1 aromatic carbocycles. The number of piperidine rings is 1. The van der Waals surface area contributed by atoms with Crippen LogP contribution in [0.2, 0.25) is 0 Å². The highest BCUT2D eigenvalue weighted by Gasteiger charge is 2.32. The van der Waals surface area contributed by atoms with Crippen molar-refractivity contribution in [3.8, 4) is 0 Å². The molecule has 3 N–H and O–H groups in total. The van der Waals surface area contributed by atoms with Crippen LogP contribution in [0.4, 0.5) is 17.5 Å². The summed E-state index contributed by atoms with van der Waals surface area (Å²) in [5.41, 5.74) is 8.26. The smallest absolute Gasteiger partial charge is 0.273 e. The van der Waals surface area contributed by atoms with Crippen molar-refractivity contribution in [3.63, 3.8) is 0 Å². The van der Waals surface area contributed by atoms with E-state index in [4.69, 9.17) is 5.73 Å². The van der Waals surface area contributed by atoms with Gasteiger partial charge in [0.2, 0.25) is 5.95 Å². The van der Waals surface area contributed by atoms with E-state index in [1.165, 1.54) is 5.56 Å². The molecule has 190 valence electrons. The number of nitrogens with zero attached hydrogens (tertiary/aromatic N) is 5. The van der Waals surface area contributed by atoms with Gasteiger partial charge in [0.15, 0.2) is 17.3 Å². The van der Waals surface area contributed by atoms with E-state index in [9.17, 15) is 9.59 Å². The quantitative estimate of drug-likeness (QED) is 0.477. The van der Waals surface area contributed by atoms with E-state index in [1.54, 1.807) is 0 Å². The fraction of sp³-hybridized carbons (Fsp3) is 0.444. The van der Waals surface area contributed by atoms with E-state index in [2.05, 4.69) is 53.1 Å². The van der Waals surface area contributed by atoms with Crippen molar-refractivity contribution >= 4 is 29.1 Å². The SMILES string of the molecule is C[C@@H]1[C@H](CC(=O)c2ccc(C(C)(C)C)cc2)CCCN1c1nnc(C(N)=O)c(Nc2ccn(C)c2)n1. The summed E-state index contributed by atoms with van der Waals surface area (Å²) in [6.45, 7) is 9.32. The molecule has 3 aromatic rings. The summed E-state index contributed by atoms with van der Waals surface area (Å²) in [6, 6.07) is 9.86. The molecule has 1 aliphatic heterocycles. The van der Waals surface area contributed by atoms with Gasteiger partial charge in [-0.25, -0.2) is 0 Å². The standard InChI is InChI=1S/C27H35N7O2/c1-17-19(15-22(35)18-8-10-20(11-9-18)27(2,3)4)7-6-13-34(17)26-30-25(23(24(28)36)31-32-26)29-21-12-14-33(5)16-21/h8-12,14,16-17,19H,6-7,13,15H2,1-5H3,(H2,28,36)(H,29,30,32)/t17-,19+/m1/s1. The Balaban J connectivity index is 1.51. The van der Waals surface area contributed by atoms with Crippen LogP contribution in [0.15, 0.2) is 42.7 Å². The largest absolute Gasteiger partial charge is 0.364 e. The van der Waals surface area contributed by atoms with E-state index >= 15 is 0 Å². The number of aromatic nitrogens is 4. The van der Waals surface area contributed by atoms with Crippen LogP contribution in [0.3, 0.4) is 0 Å². The summed E-state index contributed by atoms with van der Waals surface area (Å²) in [6.07, 6.45) is 6.06. The van der Waals surface area contributed by atoms with Crippen LogP contribution in [0.1, 0.15) is 73.4 Å². The summed E-state index contributed by atoms with van der Waals surface area (Å²) in [5, 5.41) is 11.4. The van der Waals surface area contributed by atoms with Crippen molar-refractivity contribution in [1.82, 2.24) is 19.7 Å². The lowest BCUT2D eigenvalue weighted by atomic mass is 9.83. The summed E-state index contributed by atoms with van der Waals surface area (Å²) < 4.78 is 1.88. The number of hydrogen-bond acceptors (Lipinski definition) is 7. The highest BCUT2D eigenvalue weighted by Crippen LogP contribution is 2.31. The van der Waals surface area contributed by atoms with E-state index in [0.717, 1.165) is 30.6 Å². The lowest BCUT2D eigenvalue weighted by Gasteiger charge is -2.39. The third-order valence-corrected chi connectivity index (χ3v) is 6.93. The van der Waals surface area contributed by atoms with Gasteiger partial charge in [0.25, 0.3) is 5.91 Å². The van der Waals surface area contributed by atoms with Crippen molar-refractivity contribution in [3.05, 3.63) is 59.5 Å². The number of primary amides is 1. The number of Topliss-reactive ketones (excluding diaryl/α,β-unsaturated/α-hetero) is 1. The molecule has 4 rings (SSSR count). The molecule has 3 heterocycles. The predicted molar refractivity (Wildman–Crippen MR) is 141 cm³/mol. The van der Waals surface area contributed by atoms with E-state index < -0.39 is 5.91 Å². The van der Waals surface area contributed by atoms with Gasteiger partial charge >= 0.3 is 0 Å². The molecule has 9 heteroatoms. The monoisotopic (exact) mass is 489 g/mol. The number of nitrogens with one attached hydrogen (secondary N) is 1. The van der Waals surface area contributed by atoms with Gasteiger partial charge in [-0.2, -0.15) is 4.98 Å². The second kappa shape index (κ2) is 10.1. The Bertz CT molecular complexity index is 1240. The Morgan fingerprint density at radius 2 is 1.86 bits per heavy atom. The molecule has 9 nitrogen and oxygen atoms in total. The number of hydrogen-bond donors (Lipinski definition) is 2. The summed E-state index contributed by atoms with van der Waals surface area (Å²) in [7, 11) is 1.90. The summed E-state index contributed by atoms with van der Waals surface area (Å²) in [4.78, 5) is 31.7. The van der Waals surface area contributed by atoms with E-state index in [1.807, 2.05) is 54.3 Å². The molecule has 0 bridgehead atoms. The maximum absolute atomic E-state index is 13.1. The minimum Gasteiger partial charge on any atom is -0.364 e. The minimum absolute atomic E-state index is 0.0160. The highest BCUT2D eigenvalue weighted by molar-refractivity contribution is 5.96. The molecule has 0 aliphatic carbocycles. The Labute approximate surface area is 212 Å². The van der Waals surface area contributed by atoms with Crippen LogP contribution in [0, 0.1) is 5.92 Å². The van der Waals surface area contributed by atoms with Gasteiger partial charge in [0, 0.05) is 44.0 Å². The number of amides is 1. The topological polar surface area (TPSA) is 119 Å². The first-order valence-corrected chi connectivity index (χ1v) is 12.4. The van der Waals surface area contributed by atoms with Gasteiger partial charge in [-0.3, -0.25) is 9.59 Å². The number of aryl methyl sites for hydroxylation is 1. The average Bonchev–Trinajstić information content (AvgIpc) is 3.24. The Hall–Kier alpha value is -3.75. The van der Waals surface area contributed by atoms with Gasteiger partial charge in [-0.15, -0.1) is 10.2 Å². The lowest BCUT2D eigenvalue weighted by molar-refractivity contribution is 0.0944. The van der Waals surface area contributed by atoms with Crippen LogP contribution in [0.25, 0.3) is 0 Å². The zero-order valence-electron chi connectivity index (χ0n) is 21.7. The predicted octanol–water partition coefficient (Wildman–Crippen LogP) is 4.23. The third kappa shape index (κ3) is 5.56. The number of nitrogens with two attached hydrogens (primary N) is 1. The molecule has 1 aliphatic rings. The third-order valence-electron chi connectivity index (χ3n) is 6.93. The van der Waals surface area contributed by atoms with E-state index in [-0.39, 0.29) is 34.7 Å². The molecule has 2 atom stereocenters. The minimum atomic E-state index is -0.701. The van der Waals surface area contributed by atoms with Crippen molar-refractivity contribution in [1.29, 1.82) is 0 Å². The number of benzene rings is 1. The molecule has 1 saturated heterocycles. The number of carbonyl (C=O) groups is 2. The normalized spacial score (nSPS) is 18.2. The molecule has 0 saturated carbocycles. The van der Waals surface area contributed by atoms with Gasteiger partial charge in [-0.05, 0) is 42.7 Å². The second-order valence-electron chi connectivity index (χ2n) is 10.7. The Morgan fingerprint density at radius 3 is 2.47 bits per heavy atom. The van der Waals surface area contributed by atoms with Gasteiger partial charge in [0.1, 0.15) is 0 Å². The van der Waals surface area contributed by atoms with Crippen molar-refractivity contribution < 1.29 is 9.59 Å². The fourth-order valence-electron chi connectivity index (χ4n) is 4.70. The number of anilines is 3. The molecular weight excluding hydrogens is 454 g/mol. The highest BCUT2D eigenvalue weighted by atomic mass is 16.1. The molecule has 0 radical (unpaired) electrons. The van der Waals surface area contributed by atoms with Crippen molar-refractivity contribution in [2.75, 3.05) is 16.8 Å². The van der Waals surface area contributed by atoms with Crippen LogP contribution < -0.4 is 16.0 Å². The summed E-state index contributed by atoms with van der Waals surface area (Å²) in [5.74, 6) is 0.274. The van der Waals surface area contributed by atoms with Crippen LogP contribution in [-0.2, 0) is 12.5 Å². The zero-order chi connectivity index (χ0) is 26.0. The molecule has 0 spiro atoms. The van der Waals surface area contributed by atoms with E-state index in [0.29, 0.717) is 12.4 Å². The van der Waals surface area contributed by atoms with Crippen molar-refractivity contribution in [2.24, 2.45) is 18.7 Å². The van der Waals surface area contributed by atoms with Crippen LogP contribution >= 0.6 is 0 Å².